The molecule has 1 aromatic rings. The average molecular weight is 261 g/mol. The molecule has 0 aliphatic rings. The molecule has 18 heavy (non-hydrogen) atoms. The number of nitrogens with zero attached hydrogens (tertiary/aromatic N) is 1. The van der Waals surface area contributed by atoms with Gasteiger partial charge in [-0.05, 0) is 32.5 Å². The van der Waals surface area contributed by atoms with Crippen molar-refractivity contribution in [2.75, 3.05) is 13.6 Å². The second kappa shape index (κ2) is 5.28. The minimum Gasteiger partial charge on any atom is -0.389 e. The summed E-state index contributed by atoms with van der Waals surface area (Å²) in [6.07, 6.45) is -4.31. The molecule has 0 amide bonds. The van der Waals surface area contributed by atoms with Gasteiger partial charge < -0.3 is 5.11 Å². The zero-order valence-corrected chi connectivity index (χ0v) is 10.8. The maximum Gasteiger partial charge on any atom is 0.416 e. The zero-order chi connectivity index (χ0) is 14.0. The van der Waals surface area contributed by atoms with Gasteiger partial charge in [-0.25, -0.2) is 0 Å². The SMILES string of the molecule is CN(Cc1cccc(C(F)(F)F)c1)CC(C)(C)O. The van der Waals surface area contributed by atoms with Crippen molar-refractivity contribution < 1.29 is 18.3 Å². The van der Waals surface area contributed by atoms with E-state index in [4.69, 9.17) is 0 Å². The predicted octanol–water partition coefficient (Wildman–Crippen LogP) is 2.91. The number of hydrogen-bond donors (Lipinski definition) is 1. The summed E-state index contributed by atoms with van der Waals surface area (Å²) < 4.78 is 37.6. The second-order valence-corrected chi connectivity index (χ2v) is 5.18. The van der Waals surface area contributed by atoms with Crippen molar-refractivity contribution in [3.63, 3.8) is 0 Å². The molecular formula is C13H18F3NO. The lowest BCUT2D eigenvalue weighted by atomic mass is 10.1. The third-order valence-electron chi connectivity index (χ3n) is 2.36. The molecular weight excluding hydrogens is 243 g/mol. The Hall–Kier alpha value is -1.07. The lowest BCUT2D eigenvalue weighted by Gasteiger charge is -2.25. The van der Waals surface area contributed by atoms with Crippen LogP contribution >= 0.6 is 0 Å². The minimum atomic E-state index is -4.31. The Morgan fingerprint density at radius 3 is 2.33 bits per heavy atom. The number of benzene rings is 1. The van der Waals surface area contributed by atoms with Crippen molar-refractivity contribution in [2.45, 2.75) is 32.2 Å². The normalized spacial score (nSPS) is 13.1. The molecule has 0 saturated heterocycles. The van der Waals surface area contributed by atoms with Gasteiger partial charge >= 0.3 is 6.18 Å². The van der Waals surface area contributed by atoms with E-state index in [-0.39, 0.29) is 0 Å². The summed E-state index contributed by atoms with van der Waals surface area (Å²) in [5.41, 5.74) is -0.927. The van der Waals surface area contributed by atoms with Crippen LogP contribution in [0.1, 0.15) is 25.0 Å². The third kappa shape index (κ3) is 5.06. The highest BCUT2D eigenvalue weighted by Crippen LogP contribution is 2.29. The number of likely N-dealkylation sites (N-methyl/N-ethyl adjacent to an activating group) is 1. The van der Waals surface area contributed by atoms with E-state index < -0.39 is 17.3 Å². The molecule has 0 aliphatic carbocycles. The molecule has 102 valence electrons. The largest absolute Gasteiger partial charge is 0.416 e. The Labute approximate surface area is 105 Å². The highest BCUT2D eigenvalue weighted by atomic mass is 19.4. The van der Waals surface area contributed by atoms with Gasteiger partial charge in [0, 0.05) is 13.1 Å². The Morgan fingerprint density at radius 1 is 1.22 bits per heavy atom. The standard InChI is InChI=1S/C13H18F3NO/c1-12(2,18)9-17(3)8-10-5-4-6-11(7-10)13(14,15)16/h4-7,18H,8-9H2,1-3H3. The van der Waals surface area contributed by atoms with Crippen molar-refractivity contribution >= 4 is 0 Å². The van der Waals surface area contributed by atoms with Crippen molar-refractivity contribution in [3.8, 4) is 0 Å². The fourth-order valence-corrected chi connectivity index (χ4v) is 1.87. The molecule has 1 N–H and O–H groups in total. The molecule has 0 saturated carbocycles. The van der Waals surface area contributed by atoms with Gasteiger partial charge in [0.25, 0.3) is 0 Å². The van der Waals surface area contributed by atoms with Crippen LogP contribution in [0.25, 0.3) is 0 Å². The Kier molecular flexibility index (Phi) is 4.40. The van der Waals surface area contributed by atoms with Gasteiger partial charge in [0.2, 0.25) is 0 Å². The fourth-order valence-electron chi connectivity index (χ4n) is 1.87. The highest BCUT2D eigenvalue weighted by molar-refractivity contribution is 5.25. The van der Waals surface area contributed by atoms with E-state index in [1.54, 1.807) is 31.9 Å². The van der Waals surface area contributed by atoms with E-state index in [1.165, 1.54) is 6.07 Å². The predicted molar refractivity (Wildman–Crippen MR) is 64.1 cm³/mol. The first-order valence-electron chi connectivity index (χ1n) is 5.65. The van der Waals surface area contributed by atoms with E-state index in [0.717, 1.165) is 12.1 Å². The highest BCUT2D eigenvalue weighted by Gasteiger charge is 2.30. The first-order valence-corrected chi connectivity index (χ1v) is 5.65. The molecule has 0 bridgehead atoms. The third-order valence-corrected chi connectivity index (χ3v) is 2.36. The summed E-state index contributed by atoms with van der Waals surface area (Å²) in [7, 11) is 1.76. The number of halogens is 3. The molecule has 0 spiro atoms. The van der Waals surface area contributed by atoms with Crippen molar-refractivity contribution in [1.82, 2.24) is 4.90 Å². The van der Waals surface area contributed by atoms with Crippen LogP contribution < -0.4 is 0 Å². The van der Waals surface area contributed by atoms with Gasteiger partial charge in [-0.1, -0.05) is 18.2 Å². The van der Waals surface area contributed by atoms with E-state index in [2.05, 4.69) is 0 Å². The number of aliphatic hydroxyl groups is 1. The van der Waals surface area contributed by atoms with Gasteiger partial charge in [-0.2, -0.15) is 13.2 Å². The average Bonchev–Trinajstić information content (AvgIpc) is 2.13. The van der Waals surface area contributed by atoms with E-state index in [9.17, 15) is 18.3 Å². The first-order chi connectivity index (χ1) is 8.08. The van der Waals surface area contributed by atoms with Crippen LogP contribution in [0.2, 0.25) is 0 Å². The Balaban J connectivity index is 2.74. The Morgan fingerprint density at radius 2 is 1.83 bits per heavy atom. The molecule has 5 heteroatoms. The van der Waals surface area contributed by atoms with Gasteiger partial charge in [0.15, 0.2) is 0 Å². The van der Waals surface area contributed by atoms with Crippen LogP contribution in [0.4, 0.5) is 13.2 Å². The molecule has 0 heterocycles. The molecule has 1 rings (SSSR count). The first kappa shape index (κ1) is 15.0. The van der Waals surface area contributed by atoms with Gasteiger partial charge in [0.05, 0.1) is 11.2 Å². The van der Waals surface area contributed by atoms with Crippen LogP contribution in [0.5, 0.6) is 0 Å². The summed E-state index contributed by atoms with van der Waals surface area (Å²) >= 11 is 0. The van der Waals surface area contributed by atoms with Gasteiger partial charge in [0.1, 0.15) is 0 Å². The number of hydrogen-bond acceptors (Lipinski definition) is 2. The number of alkyl halides is 3. The Bertz CT molecular complexity index is 396. The summed E-state index contributed by atoms with van der Waals surface area (Å²) in [6, 6.07) is 5.24. The van der Waals surface area contributed by atoms with E-state index in [0.29, 0.717) is 18.7 Å². The summed E-state index contributed by atoms with van der Waals surface area (Å²) in [5.74, 6) is 0. The fraction of sp³-hybridized carbons (Fsp3) is 0.538. The maximum absolute atomic E-state index is 12.5. The molecule has 2 nitrogen and oxygen atoms in total. The second-order valence-electron chi connectivity index (χ2n) is 5.18. The molecule has 0 atom stereocenters. The molecule has 0 aromatic heterocycles. The topological polar surface area (TPSA) is 23.5 Å². The molecule has 0 unspecified atom stereocenters. The van der Waals surface area contributed by atoms with Crippen LogP contribution in [-0.2, 0) is 12.7 Å². The van der Waals surface area contributed by atoms with Crippen molar-refractivity contribution in [2.24, 2.45) is 0 Å². The van der Waals surface area contributed by atoms with Crippen LogP contribution in [0.15, 0.2) is 24.3 Å². The van der Waals surface area contributed by atoms with Gasteiger partial charge in [-0.3, -0.25) is 4.90 Å². The lowest BCUT2D eigenvalue weighted by Crippen LogP contribution is -2.35. The van der Waals surface area contributed by atoms with E-state index >= 15 is 0 Å². The van der Waals surface area contributed by atoms with Crippen LogP contribution in [0, 0.1) is 0 Å². The zero-order valence-electron chi connectivity index (χ0n) is 10.8. The molecule has 0 fully saturated rings. The summed E-state index contributed by atoms with van der Waals surface area (Å²) in [4.78, 5) is 1.79. The van der Waals surface area contributed by atoms with Crippen LogP contribution in [0.3, 0.4) is 0 Å². The maximum atomic E-state index is 12.5. The minimum absolute atomic E-state index is 0.369. The quantitative estimate of drug-likeness (QED) is 0.900. The molecule has 0 radical (unpaired) electrons. The van der Waals surface area contributed by atoms with Crippen molar-refractivity contribution in [3.05, 3.63) is 35.4 Å². The van der Waals surface area contributed by atoms with Crippen molar-refractivity contribution in [1.29, 1.82) is 0 Å². The lowest BCUT2D eigenvalue weighted by molar-refractivity contribution is -0.137. The van der Waals surface area contributed by atoms with Gasteiger partial charge in [-0.15, -0.1) is 0 Å². The summed E-state index contributed by atoms with van der Waals surface area (Å²) in [6.45, 7) is 4.09. The van der Waals surface area contributed by atoms with Crippen LogP contribution in [-0.4, -0.2) is 29.2 Å². The smallest absolute Gasteiger partial charge is 0.389 e. The van der Waals surface area contributed by atoms with E-state index in [1.807, 2.05) is 0 Å². The molecule has 1 aromatic carbocycles. The monoisotopic (exact) mass is 261 g/mol. The number of rotatable bonds is 4. The summed E-state index contributed by atoms with van der Waals surface area (Å²) in [5, 5.41) is 9.63. The molecule has 0 aliphatic heterocycles.